The molecule has 0 aromatic rings. The van der Waals surface area contributed by atoms with Crippen LogP contribution >= 0.6 is 0 Å². The van der Waals surface area contributed by atoms with E-state index in [1.54, 1.807) is 0 Å². The van der Waals surface area contributed by atoms with E-state index in [1.165, 1.54) is 6.08 Å². The standard InChI is InChI=1S/C9H10N2O4/c10-11-6(9(14)15)3-5-1-2-7(12)8(13)4-5/h1-2,4,6,11H,3,10H2,(H,14,15)/t6-/m0/s1. The number of carbonyl (C=O) groups excluding carboxylic acids is 2. The van der Waals surface area contributed by atoms with Gasteiger partial charge in [0.1, 0.15) is 6.04 Å². The molecule has 1 aliphatic carbocycles. The van der Waals surface area contributed by atoms with Crippen LogP contribution in [0.25, 0.3) is 0 Å². The summed E-state index contributed by atoms with van der Waals surface area (Å²) in [5.74, 6) is 2.65. The predicted octanol–water partition coefficient (Wildman–Crippen LogP) is -1.07. The van der Waals surface area contributed by atoms with Crippen LogP contribution in [0.4, 0.5) is 0 Å². The van der Waals surface area contributed by atoms with E-state index >= 15 is 0 Å². The van der Waals surface area contributed by atoms with Gasteiger partial charge in [0.25, 0.3) is 0 Å². The molecule has 0 aliphatic heterocycles. The fourth-order valence-corrected chi connectivity index (χ4v) is 1.13. The van der Waals surface area contributed by atoms with Crippen molar-refractivity contribution in [3.63, 3.8) is 0 Å². The molecule has 1 aliphatic rings. The third kappa shape index (κ3) is 2.83. The minimum atomic E-state index is -1.11. The maximum atomic E-state index is 11.0. The normalized spacial score (nSPS) is 17.5. The number of aliphatic carboxylic acids is 1. The molecule has 0 fully saturated rings. The van der Waals surface area contributed by atoms with Gasteiger partial charge >= 0.3 is 5.97 Å². The second kappa shape index (κ2) is 4.63. The average molecular weight is 210 g/mol. The SMILES string of the molecule is NN[C@@H](CC1=CC(=O)C(=O)C=C1)C(=O)O. The van der Waals surface area contributed by atoms with Crippen molar-refractivity contribution >= 4 is 17.5 Å². The van der Waals surface area contributed by atoms with Gasteiger partial charge in [0.05, 0.1) is 0 Å². The number of hydrazine groups is 1. The molecule has 0 amide bonds. The highest BCUT2D eigenvalue weighted by Crippen LogP contribution is 2.11. The summed E-state index contributed by atoms with van der Waals surface area (Å²) in [6, 6.07) is -0.970. The molecule has 0 saturated carbocycles. The first kappa shape index (κ1) is 11.3. The first-order chi connectivity index (χ1) is 7.04. The summed E-state index contributed by atoms with van der Waals surface area (Å²) in [6.07, 6.45) is 3.71. The third-order valence-electron chi connectivity index (χ3n) is 1.95. The van der Waals surface area contributed by atoms with E-state index in [2.05, 4.69) is 5.43 Å². The number of nitrogens with two attached hydrogens (primary N) is 1. The van der Waals surface area contributed by atoms with Crippen LogP contribution in [0, 0.1) is 0 Å². The van der Waals surface area contributed by atoms with Crippen LogP contribution in [0.2, 0.25) is 0 Å². The van der Waals surface area contributed by atoms with Crippen LogP contribution in [-0.4, -0.2) is 28.7 Å². The van der Waals surface area contributed by atoms with E-state index in [0.29, 0.717) is 5.57 Å². The third-order valence-corrected chi connectivity index (χ3v) is 1.95. The molecule has 6 nitrogen and oxygen atoms in total. The fourth-order valence-electron chi connectivity index (χ4n) is 1.13. The molecule has 0 heterocycles. The van der Waals surface area contributed by atoms with Gasteiger partial charge in [-0.3, -0.25) is 20.2 Å². The Labute approximate surface area is 85.4 Å². The maximum Gasteiger partial charge on any atom is 0.322 e. The lowest BCUT2D eigenvalue weighted by atomic mass is 9.99. The number of hydrogen-bond acceptors (Lipinski definition) is 5. The summed E-state index contributed by atoms with van der Waals surface area (Å²) in [5, 5.41) is 8.68. The Morgan fingerprint density at radius 1 is 1.40 bits per heavy atom. The number of carbonyl (C=O) groups is 3. The van der Waals surface area contributed by atoms with Gasteiger partial charge in [-0.1, -0.05) is 6.08 Å². The monoisotopic (exact) mass is 210 g/mol. The summed E-state index contributed by atoms with van der Waals surface area (Å²) >= 11 is 0. The molecule has 0 radical (unpaired) electrons. The molecule has 0 saturated heterocycles. The van der Waals surface area contributed by atoms with Gasteiger partial charge in [-0.15, -0.1) is 0 Å². The van der Waals surface area contributed by atoms with Crippen molar-refractivity contribution in [1.82, 2.24) is 5.43 Å². The van der Waals surface area contributed by atoms with Gasteiger partial charge in [-0.05, 0) is 24.1 Å². The van der Waals surface area contributed by atoms with Crippen LogP contribution in [0.5, 0.6) is 0 Å². The van der Waals surface area contributed by atoms with Crippen molar-refractivity contribution in [2.75, 3.05) is 0 Å². The molecular formula is C9H10N2O4. The Bertz CT molecular complexity index is 370. The zero-order valence-electron chi connectivity index (χ0n) is 7.77. The number of rotatable bonds is 4. The number of nitrogens with one attached hydrogen (secondary N) is 1. The quantitative estimate of drug-likeness (QED) is 0.236. The van der Waals surface area contributed by atoms with Crippen molar-refractivity contribution in [3.05, 3.63) is 23.8 Å². The lowest BCUT2D eigenvalue weighted by Gasteiger charge is -2.12. The Kier molecular flexibility index (Phi) is 3.48. The first-order valence-electron chi connectivity index (χ1n) is 4.20. The van der Waals surface area contributed by atoms with Gasteiger partial charge in [0.2, 0.25) is 11.6 Å². The van der Waals surface area contributed by atoms with Crippen molar-refractivity contribution in [3.8, 4) is 0 Å². The zero-order chi connectivity index (χ0) is 11.4. The molecule has 1 rings (SSSR count). The van der Waals surface area contributed by atoms with Crippen LogP contribution in [0.1, 0.15) is 6.42 Å². The Morgan fingerprint density at radius 3 is 2.53 bits per heavy atom. The zero-order valence-corrected chi connectivity index (χ0v) is 7.77. The summed E-state index contributed by atoms with van der Waals surface area (Å²) in [4.78, 5) is 32.4. The summed E-state index contributed by atoms with van der Waals surface area (Å²) < 4.78 is 0. The van der Waals surface area contributed by atoms with Gasteiger partial charge < -0.3 is 5.11 Å². The number of carboxylic acids is 1. The first-order valence-corrected chi connectivity index (χ1v) is 4.20. The Morgan fingerprint density at radius 2 is 2.07 bits per heavy atom. The van der Waals surface area contributed by atoms with Crippen LogP contribution in [0.3, 0.4) is 0 Å². The second-order valence-corrected chi connectivity index (χ2v) is 3.04. The molecule has 0 aromatic carbocycles. The smallest absolute Gasteiger partial charge is 0.322 e. The van der Waals surface area contributed by atoms with Crippen molar-refractivity contribution in [2.24, 2.45) is 5.84 Å². The lowest BCUT2D eigenvalue weighted by molar-refractivity contribution is -0.139. The second-order valence-electron chi connectivity index (χ2n) is 3.04. The van der Waals surface area contributed by atoms with Crippen LogP contribution in [0.15, 0.2) is 23.8 Å². The van der Waals surface area contributed by atoms with E-state index in [0.717, 1.165) is 12.2 Å². The van der Waals surface area contributed by atoms with Gasteiger partial charge in [-0.25, -0.2) is 5.43 Å². The van der Waals surface area contributed by atoms with Crippen LogP contribution < -0.4 is 11.3 Å². The fraction of sp³-hybridized carbons (Fsp3) is 0.222. The number of ketones is 2. The Hall–Kier alpha value is -1.79. The van der Waals surface area contributed by atoms with E-state index in [-0.39, 0.29) is 6.42 Å². The minimum absolute atomic E-state index is 0.0569. The van der Waals surface area contributed by atoms with Gasteiger partial charge in [0.15, 0.2) is 0 Å². The van der Waals surface area contributed by atoms with E-state index < -0.39 is 23.6 Å². The summed E-state index contributed by atoms with van der Waals surface area (Å²) in [6.45, 7) is 0. The van der Waals surface area contributed by atoms with Gasteiger partial charge in [-0.2, -0.15) is 0 Å². The molecule has 1 atom stereocenters. The minimum Gasteiger partial charge on any atom is -0.480 e. The highest BCUT2D eigenvalue weighted by Gasteiger charge is 2.20. The van der Waals surface area contributed by atoms with Crippen molar-refractivity contribution < 1.29 is 19.5 Å². The largest absolute Gasteiger partial charge is 0.480 e. The van der Waals surface area contributed by atoms with Crippen molar-refractivity contribution in [2.45, 2.75) is 12.5 Å². The molecule has 0 spiro atoms. The highest BCUT2D eigenvalue weighted by molar-refractivity contribution is 6.46. The lowest BCUT2D eigenvalue weighted by Crippen LogP contribution is -2.41. The summed E-state index contributed by atoms with van der Waals surface area (Å²) in [7, 11) is 0. The molecule has 15 heavy (non-hydrogen) atoms. The molecule has 0 aromatic heterocycles. The molecule has 0 unspecified atom stereocenters. The number of carboxylic acid groups (broad SMARTS) is 1. The topological polar surface area (TPSA) is 109 Å². The molecular weight excluding hydrogens is 200 g/mol. The van der Waals surface area contributed by atoms with E-state index in [1.807, 2.05) is 0 Å². The molecule has 6 heteroatoms. The Balaban J connectivity index is 2.71. The molecule has 80 valence electrons. The highest BCUT2D eigenvalue weighted by atomic mass is 16.4. The average Bonchev–Trinajstić information content (AvgIpc) is 2.19. The van der Waals surface area contributed by atoms with Gasteiger partial charge in [0, 0.05) is 0 Å². The number of hydrogen-bond donors (Lipinski definition) is 3. The van der Waals surface area contributed by atoms with Crippen LogP contribution in [-0.2, 0) is 14.4 Å². The predicted molar refractivity (Wildman–Crippen MR) is 50.6 cm³/mol. The van der Waals surface area contributed by atoms with E-state index in [4.69, 9.17) is 10.9 Å². The number of allylic oxidation sites excluding steroid dienone is 3. The van der Waals surface area contributed by atoms with Crippen molar-refractivity contribution in [1.29, 1.82) is 0 Å². The summed E-state index contributed by atoms with van der Waals surface area (Å²) in [5.41, 5.74) is 2.57. The maximum absolute atomic E-state index is 11.0. The molecule has 4 N–H and O–H groups in total. The molecule has 0 bridgehead atoms. The van der Waals surface area contributed by atoms with E-state index in [9.17, 15) is 14.4 Å².